The zero-order valence-corrected chi connectivity index (χ0v) is 20.3. The number of rotatable bonds is 8. The maximum Gasteiger partial charge on any atom is 0.335 e. The number of hydrogen-bond donors (Lipinski definition) is 1. The van der Waals surface area contributed by atoms with Crippen molar-refractivity contribution in [2.75, 3.05) is 26.3 Å². The third-order valence-corrected chi connectivity index (χ3v) is 7.61. The molecule has 2 aromatic carbocycles. The van der Waals surface area contributed by atoms with Crippen molar-refractivity contribution in [3.8, 4) is 0 Å². The summed E-state index contributed by atoms with van der Waals surface area (Å²) in [5.74, 6) is -0.214. The zero-order chi connectivity index (χ0) is 24.2. The number of nitrogens with zero attached hydrogens (tertiary/aromatic N) is 1. The number of hydrogen-bond acceptors (Lipinski definition) is 2. The molecule has 0 aromatic heterocycles. The van der Waals surface area contributed by atoms with Gasteiger partial charge in [-0.25, -0.2) is 4.79 Å². The summed E-state index contributed by atoms with van der Waals surface area (Å²) in [7, 11) is 0. The molecule has 35 heavy (non-hydrogen) atoms. The Morgan fingerprint density at radius 3 is 2.60 bits per heavy atom. The van der Waals surface area contributed by atoms with Crippen LogP contribution >= 0.6 is 0 Å². The Hall–Kier alpha value is -2.98. The summed E-state index contributed by atoms with van der Waals surface area (Å²) in [6.45, 7) is 2.78. The molecule has 4 heteroatoms. The number of carboxylic acids is 1. The number of fused-ring (bicyclic) bond motifs is 1. The molecule has 0 amide bonds. The smallest absolute Gasteiger partial charge is 0.335 e. The van der Waals surface area contributed by atoms with Crippen LogP contribution in [-0.4, -0.2) is 42.3 Å². The highest BCUT2D eigenvalue weighted by Crippen LogP contribution is 2.40. The summed E-state index contributed by atoms with van der Waals surface area (Å²) in [6.07, 6.45) is 13.4. The Labute approximate surface area is 207 Å². The minimum atomic E-state index is -0.869. The molecule has 2 aromatic rings. The highest BCUT2D eigenvalue weighted by atomic mass is 19.1. The van der Waals surface area contributed by atoms with Crippen LogP contribution in [0, 0.1) is 5.92 Å². The molecule has 5 rings (SSSR count). The average Bonchev–Trinajstić information content (AvgIpc) is 3.05. The van der Waals surface area contributed by atoms with Crippen molar-refractivity contribution < 1.29 is 14.3 Å². The Balaban J connectivity index is 1.45. The molecule has 3 aliphatic rings. The monoisotopic (exact) mass is 471 g/mol. The van der Waals surface area contributed by atoms with Crippen molar-refractivity contribution in [2.24, 2.45) is 5.92 Å². The van der Waals surface area contributed by atoms with Gasteiger partial charge < -0.3 is 10.0 Å². The molecule has 0 unspecified atom stereocenters. The van der Waals surface area contributed by atoms with Crippen molar-refractivity contribution >= 4 is 11.5 Å². The summed E-state index contributed by atoms with van der Waals surface area (Å²) in [4.78, 5) is 14.0. The highest BCUT2D eigenvalue weighted by Gasteiger charge is 2.26. The second-order valence-corrected chi connectivity index (χ2v) is 10.1. The van der Waals surface area contributed by atoms with Gasteiger partial charge in [0.15, 0.2) is 0 Å². The van der Waals surface area contributed by atoms with Gasteiger partial charge in [-0.3, -0.25) is 4.39 Å². The number of halogens is 1. The molecule has 182 valence electrons. The zero-order valence-electron chi connectivity index (χ0n) is 20.3. The lowest BCUT2D eigenvalue weighted by Crippen LogP contribution is -2.47. The van der Waals surface area contributed by atoms with E-state index in [0.717, 1.165) is 63.7 Å². The quantitative estimate of drug-likeness (QED) is 0.470. The number of carboxylic acid groups (broad SMARTS) is 1. The van der Waals surface area contributed by atoms with E-state index < -0.39 is 5.97 Å². The molecule has 1 heterocycles. The summed E-state index contributed by atoms with van der Waals surface area (Å²) < 4.78 is 12.4. The number of aromatic carboxylic acids is 1. The average molecular weight is 472 g/mol. The van der Waals surface area contributed by atoms with Gasteiger partial charge in [-0.2, -0.15) is 0 Å². The van der Waals surface area contributed by atoms with Crippen LogP contribution in [-0.2, 0) is 12.8 Å². The van der Waals surface area contributed by atoms with Gasteiger partial charge in [-0.15, -0.1) is 0 Å². The molecule has 1 saturated heterocycles. The van der Waals surface area contributed by atoms with Crippen molar-refractivity contribution in [2.45, 2.75) is 44.9 Å². The maximum atomic E-state index is 12.4. The first-order chi connectivity index (χ1) is 17.1. The van der Waals surface area contributed by atoms with Crippen LogP contribution in [0.25, 0.3) is 5.57 Å². The van der Waals surface area contributed by atoms with Gasteiger partial charge in [0.2, 0.25) is 0 Å². The van der Waals surface area contributed by atoms with Gasteiger partial charge >= 0.3 is 5.97 Å². The predicted molar refractivity (Wildman–Crippen MR) is 139 cm³/mol. The van der Waals surface area contributed by atoms with Crippen LogP contribution in [0.3, 0.4) is 0 Å². The Kier molecular flexibility index (Phi) is 7.29. The fourth-order valence-electron chi connectivity index (χ4n) is 5.84. The second-order valence-electron chi connectivity index (χ2n) is 10.1. The summed E-state index contributed by atoms with van der Waals surface area (Å²) in [6, 6.07) is 14.7. The number of likely N-dealkylation sites (tertiary alicyclic amines) is 1. The lowest BCUT2D eigenvalue weighted by Gasteiger charge is -2.39. The summed E-state index contributed by atoms with van der Waals surface area (Å²) in [5, 5.41) is 9.53. The van der Waals surface area contributed by atoms with Crippen LogP contribution in [0.4, 0.5) is 4.39 Å². The molecule has 0 spiro atoms. The highest BCUT2D eigenvalue weighted by molar-refractivity contribution is 5.91. The molecule has 0 atom stereocenters. The number of allylic oxidation sites excluding steroid dienone is 5. The lowest BCUT2D eigenvalue weighted by molar-refractivity contribution is 0.0696. The SMILES string of the molecule is O=C(O)c1ccc2c(c1)CCCC(C1=CC=CCC1)=C2c1ccc(CC2CN(CCCF)C2)cc1. The Morgan fingerprint density at radius 2 is 1.89 bits per heavy atom. The summed E-state index contributed by atoms with van der Waals surface area (Å²) in [5.41, 5.74) is 9.31. The molecule has 1 N–H and O–H groups in total. The topological polar surface area (TPSA) is 40.5 Å². The third kappa shape index (κ3) is 5.33. The normalized spacial score (nSPS) is 18.6. The number of aryl methyl sites for hydroxylation is 1. The van der Waals surface area contributed by atoms with E-state index in [9.17, 15) is 14.3 Å². The first kappa shape index (κ1) is 23.7. The maximum absolute atomic E-state index is 12.4. The van der Waals surface area contributed by atoms with Gasteiger partial charge in [-0.1, -0.05) is 48.6 Å². The molecule has 2 aliphatic carbocycles. The van der Waals surface area contributed by atoms with Gasteiger partial charge in [-0.05, 0) is 102 Å². The Morgan fingerprint density at radius 1 is 1.06 bits per heavy atom. The van der Waals surface area contributed by atoms with E-state index in [1.807, 2.05) is 12.1 Å². The lowest BCUT2D eigenvalue weighted by atomic mass is 9.84. The molecule has 1 fully saturated rings. The van der Waals surface area contributed by atoms with E-state index in [4.69, 9.17) is 0 Å². The molecule has 3 nitrogen and oxygen atoms in total. The molecular weight excluding hydrogens is 437 g/mol. The standard InChI is InChI=1S/C31H34FNO2/c32-16-5-17-33-20-23(21-33)18-22-10-12-25(13-11-22)30-28(24-6-2-1-3-7-24)9-4-8-26-19-27(31(34)35)14-15-29(26)30/h1-2,6,10-15,19,23H,3-5,7-9,16-18,20-21H2,(H,34,35). The van der Waals surface area contributed by atoms with Gasteiger partial charge in [0, 0.05) is 19.6 Å². The van der Waals surface area contributed by atoms with E-state index in [1.165, 1.54) is 33.4 Å². The van der Waals surface area contributed by atoms with Crippen LogP contribution in [0.15, 0.2) is 71.8 Å². The fourth-order valence-corrected chi connectivity index (χ4v) is 5.84. The minimum Gasteiger partial charge on any atom is -0.478 e. The predicted octanol–water partition coefficient (Wildman–Crippen LogP) is 6.63. The van der Waals surface area contributed by atoms with Crippen molar-refractivity contribution in [1.29, 1.82) is 0 Å². The first-order valence-electron chi connectivity index (χ1n) is 13.0. The van der Waals surface area contributed by atoms with Crippen LogP contribution < -0.4 is 0 Å². The summed E-state index contributed by atoms with van der Waals surface area (Å²) >= 11 is 0. The van der Waals surface area contributed by atoms with Crippen LogP contribution in [0.2, 0.25) is 0 Å². The molecular formula is C31H34FNO2. The van der Waals surface area contributed by atoms with E-state index in [-0.39, 0.29) is 6.67 Å². The molecule has 0 bridgehead atoms. The Bertz CT molecular complexity index is 1170. The van der Waals surface area contributed by atoms with Gasteiger partial charge in [0.25, 0.3) is 0 Å². The molecule has 0 saturated carbocycles. The van der Waals surface area contributed by atoms with Crippen LogP contribution in [0.5, 0.6) is 0 Å². The number of alkyl halides is 1. The first-order valence-corrected chi connectivity index (χ1v) is 13.0. The van der Waals surface area contributed by atoms with E-state index in [0.29, 0.717) is 17.9 Å². The third-order valence-electron chi connectivity index (χ3n) is 7.61. The van der Waals surface area contributed by atoms with Crippen molar-refractivity contribution in [1.82, 2.24) is 4.90 Å². The molecule has 0 radical (unpaired) electrons. The minimum absolute atomic E-state index is 0.228. The molecule has 1 aliphatic heterocycles. The second kappa shape index (κ2) is 10.7. The number of benzene rings is 2. The van der Waals surface area contributed by atoms with Crippen molar-refractivity contribution in [3.63, 3.8) is 0 Å². The van der Waals surface area contributed by atoms with Gasteiger partial charge in [0.05, 0.1) is 12.2 Å². The number of carbonyl (C=O) groups is 1. The fraction of sp³-hybridized carbons (Fsp3) is 0.387. The largest absolute Gasteiger partial charge is 0.478 e. The van der Waals surface area contributed by atoms with E-state index in [2.05, 4.69) is 47.4 Å². The van der Waals surface area contributed by atoms with E-state index >= 15 is 0 Å². The van der Waals surface area contributed by atoms with Crippen LogP contribution in [0.1, 0.15) is 64.7 Å². The van der Waals surface area contributed by atoms with E-state index in [1.54, 1.807) is 6.07 Å². The van der Waals surface area contributed by atoms with Crippen molar-refractivity contribution in [3.05, 3.63) is 99.7 Å². The van der Waals surface area contributed by atoms with Gasteiger partial charge in [0.1, 0.15) is 0 Å².